The summed E-state index contributed by atoms with van der Waals surface area (Å²) < 4.78 is 24.9. The number of carbonyl (C=O) groups is 1. The Bertz CT molecular complexity index is 817. The van der Waals surface area contributed by atoms with Gasteiger partial charge < -0.3 is 14.4 Å². The third kappa shape index (κ3) is 5.71. The quantitative estimate of drug-likeness (QED) is 0.613. The first-order valence-corrected chi connectivity index (χ1v) is 8.64. The third-order valence-electron chi connectivity index (χ3n) is 3.92. The molecule has 0 spiro atoms. The van der Waals surface area contributed by atoms with Gasteiger partial charge in [-0.25, -0.2) is 4.39 Å². The van der Waals surface area contributed by atoms with E-state index in [-0.39, 0.29) is 24.9 Å². The highest BCUT2D eigenvalue weighted by Gasteiger charge is 2.16. The lowest BCUT2D eigenvalue weighted by Crippen LogP contribution is -2.35. The summed E-state index contributed by atoms with van der Waals surface area (Å²) in [5.41, 5.74) is 1.42. The molecule has 0 saturated carbocycles. The molecule has 0 atom stereocenters. The number of halogens is 1. The van der Waals surface area contributed by atoms with Crippen molar-refractivity contribution in [2.45, 2.75) is 13.5 Å². The van der Waals surface area contributed by atoms with Gasteiger partial charge in [0.25, 0.3) is 5.91 Å². The number of amides is 1. The van der Waals surface area contributed by atoms with Crippen molar-refractivity contribution in [1.29, 1.82) is 0 Å². The molecule has 1 amide bonds. The van der Waals surface area contributed by atoms with Gasteiger partial charge in [0, 0.05) is 18.7 Å². The summed E-state index contributed by atoms with van der Waals surface area (Å²) in [5, 5.41) is 0. The van der Waals surface area contributed by atoms with Crippen LogP contribution in [0.3, 0.4) is 0 Å². The Kier molecular flexibility index (Phi) is 7.62. The predicted molar refractivity (Wildman–Crippen MR) is 105 cm³/mol. The molecule has 2 rings (SSSR count). The largest absolute Gasteiger partial charge is 0.493 e. The van der Waals surface area contributed by atoms with Crippen LogP contribution in [-0.2, 0) is 11.3 Å². The van der Waals surface area contributed by atoms with Gasteiger partial charge in [-0.3, -0.25) is 4.79 Å². The second kappa shape index (κ2) is 10.2. The van der Waals surface area contributed by atoms with Crippen LogP contribution in [0.15, 0.2) is 61.2 Å². The molecule has 27 heavy (non-hydrogen) atoms. The van der Waals surface area contributed by atoms with Crippen molar-refractivity contribution >= 4 is 12.0 Å². The van der Waals surface area contributed by atoms with E-state index < -0.39 is 0 Å². The highest BCUT2D eigenvalue weighted by molar-refractivity contribution is 5.78. The molecule has 5 heteroatoms. The van der Waals surface area contributed by atoms with Gasteiger partial charge in [0.2, 0.25) is 0 Å². The molecule has 2 aromatic carbocycles. The smallest absolute Gasteiger partial charge is 0.261 e. The summed E-state index contributed by atoms with van der Waals surface area (Å²) in [6.07, 6.45) is 5.47. The fourth-order valence-electron chi connectivity index (χ4n) is 2.57. The van der Waals surface area contributed by atoms with Crippen molar-refractivity contribution in [1.82, 2.24) is 4.90 Å². The number of hydrogen-bond acceptors (Lipinski definition) is 3. The molecule has 0 saturated heterocycles. The number of rotatable bonds is 9. The molecule has 0 unspecified atom stereocenters. The minimum absolute atomic E-state index is 0.151. The zero-order valence-electron chi connectivity index (χ0n) is 15.7. The van der Waals surface area contributed by atoms with E-state index >= 15 is 0 Å². The number of allylic oxidation sites excluding steroid dienone is 1. The second-order valence-corrected chi connectivity index (χ2v) is 5.85. The zero-order chi connectivity index (χ0) is 19.6. The number of benzene rings is 2. The van der Waals surface area contributed by atoms with Gasteiger partial charge in [0.1, 0.15) is 5.82 Å². The average molecular weight is 369 g/mol. The van der Waals surface area contributed by atoms with Crippen LogP contribution in [-0.4, -0.2) is 31.1 Å². The molecule has 4 nitrogen and oxygen atoms in total. The van der Waals surface area contributed by atoms with E-state index in [9.17, 15) is 9.18 Å². The summed E-state index contributed by atoms with van der Waals surface area (Å²) in [6, 6.07) is 11.9. The Balaban J connectivity index is 2.07. The van der Waals surface area contributed by atoms with Gasteiger partial charge >= 0.3 is 0 Å². The van der Waals surface area contributed by atoms with Crippen LogP contribution < -0.4 is 9.47 Å². The van der Waals surface area contributed by atoms with Crippen molar-refractivity contribution < 1.29 is 18.7 Å². The number of hydrogen-bond donors (Lipinski definition) is 0. The Morgan fingerprint density at radius 1 is 1.22 bits per heavy atom. The van der Waals surface area contributed by atoms with E-state index in [1.54, 1.807) is 37.5 Å². The van der Waals surface area contributed by atoms with Gasteiger partial charge in [0.05, 0.1) is 7.11 Å². The molecule has 2 aromatic rings. The van der Waals surface area contributed by atoms with Crippen molar-refractivity contribution in [3.63, 3.8) is 0 Å². The van der Waals surface area contributed by atoms with E-state index in [0.29, 0.717) is 23.6 Å². The van der Waals surface area contributed by atoms with Crippen LogP contribution in [0.4, 0.5) is 4.39 Å². The normalized spacial score (nSPS) is 10.6. The number of ether oxygens (including phenoxy) is 2. The Hall–Kier alpha value is -3.08. The molecule has 0 fully saturated rings. The molecule has 0 aromatic heterocycles. The maximum Gasteiger partial charge on any atom is 0.261 e. The van der Waals surface area contributed by atoms with E-state index in [4.69, 9.17) is 9.47 Å². The van der Waals surface area contributed by atoms with Gasteiger partial charge in [-0.2, -0.15) is 0 Å². The first-order chi connectivity index (χ1) is 13.1. The first kappa shape index (κ1) is 20.2. The van der Waals surface area contributed by atoms with Gasteiger partial charge in [-0.05, 0) is 30.7 Å². The van der Waals surface area contributed by atoms with Crippen LogP contribution in [0.5, 0.6) is 11.5 Å². The van der Waals surface area contributed by atoms with Crippen molar-refractivity contribution in [3.8, 4) is 11.5 Å². The Morgan fingerprint density at radius 2 is 2.00 bits per heavy atom. The molecule has 0 aliphatic carbocycles. The van der Waals surface area contributed by atoms with Crippen LogP contribution in [0.25, 0.3) is 6.08 Å². The monoisotopic (exact) mass is 369 g/mol. The molecular formula is C22H24FNO3. The van der Waals surface area contributed by atoms with Crippen LogP contribution in [0, 0.1) is 5.82 Å². The topological polar surface area (TPSA) is 38.8 Å². The number of carbonyl (C=O) groups excluding carboxylic acids is 1. The minimum Gasteiger partial charge on any atom is -0.493 e. The molecule has 142 valence electrons. The van der Waals surface area contributed by atoms with Gasteiger partial charge in [-0.1, -0.05) is 42.5 Å². The average Bonchev–Trinajstić information content (AvgIpc) is 2.68. The standard InChI is InChI=1S/C22H24FNO3/c1-4-8-17-11-12-20(21(14-17)26-3)27-16-22(25)24(13-5-2)15-18-9-6-7-10-19(18)23/h4-12,14H,2,13,15-16H2,1,3H3/b8-4+. The SMILES string of the molecule is C=CCN(Cc1ccccc1F)C(=O)COc1ccc(/C=C/C)cc1OC. The highest BCUT2D eigenvalue weighted by atomic mass is 19.1. The number of methoxy groups -OCH3 is 1. The second-order valence-electron chi connectivity index (χ2n) is 5.85. The first-order valence-electron chi connectivity index (χ1n) is 8.64. The van der Waals surface area contributed by atoms with E-state index in [2.05, 4.69) is 6.58 Å². The summed E-state index contributed by atoms with van der Waals surface area (Å²) >= 11 is 0. The van der Waals surface area contributed by atoms with Crippen LogP contribution in [0.1, 0.15) is 18.1 Å². The lowest BCUT2D eigenvalue weighted by Gasteiger charge is -2.22. The van der Waals surface area contributed by atoms with Crippen molar-refractivity contribution in [3.05, 3.63) is 78.1 Å². The van der Waals surface area contributed by atoms with E-state index in [1.807, 2.05) is 31.2 Å². The highest BCUT2D eigenvalue weighted by Crippen LogP contribution is 2.28. The lowest BCUT2D eigenvalue weighted by molar-refractivity contribution is -0.133. The van der Waals surface area contributed by atoms with E-state index in [0.717, 1.165) is 5.56 Å². The summed E-state index contributed by atoms with van der Waals surface area (Å²) in [5.74, 6) is 0.408. The van der Waals surface area contributed by atoms with Gasteiger partial charge in [0.15, 0.2) is 18.1 Å². The minimum atomic E-state index is -0.346. The molecule has 0 aliphatic rings. The molecule has 0 bridgehead atoms. The molecular weight excluding hydrogens is 345 g/mol. The van der Waals surface area contributed by atoms with Crippen molar-refractivity contribution in [2.75, 3.05) is 20.3 Å². The van der Waals surface area contributed by atoms with Crippen molar-refractivity contribution in [2.24, 2.45) is 0 Å². The Labute approximate surface area is 159 Å². The fraction of sp³-hybridized carbons (Fsp3) is 0.227. The summed E-state index contributed by atoms with van der Waals surface area (Å²) in [7, 11) is 1.55. The zero-order valence-corrected chi connectivity index (χ0v) is 15.7. The van der Waals surface area contributed by atoms with Gasteiger partial charge in [-0.15, -0.1) is 6.58 Å². The van der Waals surface area contributed by atoms with Crippen LogP contribution in [0.2, 0.25) is 0 Å². The summed E-state index contributed by atoms with van der Waals surface area (Å²) in [6.45, 7) is 5.87. The fourth-order valence-corrected chi connectivity index (χ4v) is 2.57. The predicted octanol–water partition coefficient (Wildman–Crippen LogP) is 4.46. The maximum absolute atomic E-state index is 13.9. The Morgan fingerprint density at radius 3 is 2.67 bits per heavy atom. The maximum atomic E-state index is 13.9. The molecule has 0 heterocycles. The molecule has 0 radical (unpaired) electrons. The molecule has 0 aliphatic heterocycles. The third-order valence-corrected chi connectivity index (χ3v) is 3.92. The van der Waals surface area contributed by atoms with Crippen LogP contribution >= 0.6 is 0 Å². The van der Waals surface area contributed by atoms with E-state index in [1.165, 1.54) is 11.0 Å². The number of nitrogens with zero attached hydrogens (tertiary/aromatic N) is 1. The lowest BCUT2D eigenvalue weighted by atomic mass is 10.2. The molecule has 0 N–H and O–H groups in total. The summed E-state index contributed by atoms with van der Waals surface area (Å²) in [4.78, 5) is 14.1.